The van der Waals surface area contributed by atoms with Gasteiger partial charge in [0.05, 0.1) is 26.6 Å². The maximum absolute atomic E-state index is 7.07. The van der Waals surface area contributed by atoms with Gasteiger partial charge in [0.1, 0.15) is 85.5 Å². The number of fused-ring (bicyclic) bond motifs is 20. The maximum atomic E-state index is 7.07. The number of para-hydroxylation sites is 4. The molecule has 8 bridgehead atoms. The predicted octanol–water partition coefficient (Wildman–Crippen LogP) is 13.6. The zero-order chi connectivity index (χ0) is 45.8. The normalized spacial score (nSPS) is 12.0. The van der Waals surface area contributed by atoms with Gasteiger partial charge in [-0.1, -0.05) is 121 Å². The Morgan fingerprint density at radius 1 is 0.290 bits per heavy atom. The second kappa shape index (κ2) is 16.5. The first-order valence-corrected chi connectivity index (χ1v) is 22.5. The van der Waals surface area contributed by atoms with Gasteiger partial charge in [-0.15, -0.1) is 0 Å². The van der Waals surface area contributed by atoms with Crippen molar-refractivity contribution in [1.29, 1.82) is 0 Å². The Morgan fingerprint density at radius 2 is 0.667 bits per heavy atom. The number of aromatic amines is 4. The van der Waals surface area contributed by atoms with Gasteiger partial charge in [0.2, 0.25) is 0 Å². The second-order valence-electron chi connectivity index (χ2n) is 16.2. The first kappa shape index (κ1) is 39.9. The molecule has 8 aromatic carbocycles. The zero-order valence-electron chi connectivity index (χ0n) is 36.2. The van der Waals surface area contributed by atoms with Crippen LogP contribution in [-0.4, -0.2) is 19.9 Å². The predicted molar refractivity (Wildman–Crippen MR) is 268 cm³/mol. The van der Waals surface area contributed by atoms with Crippen molar-refractivity contribution in [2.75, 3.05) is 0 Å². The average Bonchev–Trinajstić information content (AvgIpc) is 4.13. The van der Waals surface area contributed by atoms with Gasteiger partial charge in [0, 0.05) is 21.5 Å². The van der Waals surface area contributed by atoms with Crippen molar-refractivity contribution in [2.45, 2.75) is 0 Å². The maximum Gasteiger partial charge on any atom is 0.157 e. The van der Waals surface area contributed by atoms with Gasteiger partial charge in [-0.3, -0.25) is 0 Å². The van der Waals surface area contributed by atoms with Crippen LogP contribution in [0.15, 0.2) is 208 Å². The van der Waals surface area contributed by atoms with Crippen molar-refractivity contribution in [3.63, 3.8) is 0 Å². The number of hydrogen-bond donors (Lipinski definition) is 4. The lowest BCUT2D eigenvalue weighted by Crippen LogP contribution is -2.10. The quantitative estimate of drug-likeness (QED) is 0.120. The molecule has 69 heavy (non-hydrogen) atoms. The number of H-pyrrole nitrogens is 4. The highest BCUT2D eigenvalue weighted by Crippen LogP contribution is 2.46. The van der Waals surface area contributed by atoms with Gasteiger partial charge < -0.3 is 38.9 Å². The highest BCUT2D eigenvalue weighted by Gasteiger charge is 2.22. The van der Waals surface area contributed by atoms with Gasteiger partial charge in [-0.25, -0.2) is 20.0 Å². The molecule has 0 radical (unpaired) electrons. The number of aromatic nitrogens is 4. The fourth-order valence-corrected chi connectivity index (χ4v) is 9.02. The number of benzene rings is 8. The summed E-state index contributed by atoms with van der Waals surface area (Å²) in [6, 6.07) is 59.7. The second-order valence-corrected chi connectivity index (χ2v) is 16.6. The van der Waals surface area contributed by atoms with Gasteiger partial charge >= 0.3 is 0 Å². The number of hydrogen-bond acceptors (Lipinski definition) is 8. The Labute approximate surface area is 396 Å². The summed E-state index contributed by atoms with van der Waals surface area (Å²) in [4.78, 5) is 35.8. The van der Waals surface area contributed by atoms with Crippen molar-refractivity contribution in [3.8, 4) is 46.0 Å². The Bertz CT molecular complexity index is 4160. The largest absolute Gasteiger partial charge is 0.457 e. The molecule has 4 N–H and O–H groups in total. The van der Waals surface area contributed by atoms with E-state index in [4.69, 9.17) is 50.5 Å². The molecule has 0 saturated heterocycles. The molecule has 0 saturated carbocycles. The van der Waals surface area contributed by atoms with E-state index in [0.29, 0.717) is 123 Å². The minimum absolute atomic E-state index is 0.389. The highest BCUT2D eigenvalue weighted by atomic mass is 35.5. The Hall–Kier alpha value is -9.39. The van der Waals surface area contributed by atoms with Crippen molar-refractivity contribution in [3.05, 3.63) is 215 Å². The molecule has 0 spiro atoms. The third-order valence-electron chi connectivity index (χ3n) is 11.9. The molecule has 12 nitrogen and oxygen atoms in total. The molecule has 1 aliphatic rings. The molecule has 13 heteroatoms. The molecule has 5 heterocycles. The standard InChI is InChI=1S/C56H35ClN8O4/c57-40-31-30-39-47(48(40)69-35-22-11-4-12-23-35)56-64-51-38-26-15-29-43(68-34-20-9-3-10-21-34)46(38)54(62-51)60-49-36-24-13-27-41(66-32-16-5-1-6-17-32)44(36)53(58-49)59-50-37-25-14-28-42(67-33-18-7-2-8-19-33)45(37)55(61-50)63-52(39)65-56/h1-31H,(H4,58,59,60,61,62,63,64,65). The number of nitrogens with one attached hydrogen (secondary N) is 4. The average molecular weight is 919 g/mol. The summed E-state index contributed by atoms with van der Waals surface area (Å²) in [5.41, 5.74) is 1.98. The summed E-state index contributed by atoms with van der Waals surface area (Å²) >= 11 is 7.07. The lowest BCUT2D eigenvalue weighted by atomic mass is 10.1. The van der Waals surface area contributed by atoms with Crippen LogP contribution in [0.1, 0.15) is 0 Å². The summed E-state index contributed by atoms with van der Waals surface area (Å²) in [7, 11) is 0. The molecule has 12 aromatic rings. The van der Waals surface area contributed by atoms with Crippen LogP contribution in [0.25, 0.3) is 43.1 Å². The van der Waals surface area contributed by atoms with E-state index in [2.05, 4.69) is 19.9 Å². The monoisotopic (exact) mass is 918 g/mol. The number of nitrogens with zero attached hydrogens (tertiary/aromatic N) is 4. The first-order chi connectivity index (χ1) is 34.1. The molecule has 0 atom stereocenters. The summed E-state index contributed by atoms with van der Waals surface area (Å²) in [5.74, 6) is 6.67. The zero-order valence-corrected chi connectivity index (χ0v) is 37.0. The molecule has 0 aliphatic carbocycles. The fraction of sp³-hybridized carbons (Fsp3) is 0. The summed E-state index contributed by atoms with van der Waals surface area (Å²) < 4.78 is 26.4. The van der Waals surface area contributed by atoms with Crippen LogP contribution in [-0.2, 0) is 0 Å². The minimum atomic E-state index is 0.389. The molecular formula is C56H35ClN8O4. The van der Waals surface area contributed by atoms with E-state index < -0.39 is 0 Å². The van der Waals surface area contributed by atoms with Crippen LogP contribution in [0.2, 0.25) is 5.02 Å². The Morgan fingerprint density at radius 3 is 1.13 bits per heavy atom. The lowest BCUT2D eigenvalue weighted by Gasteiger charge is -2.09. The van der Waals surface area contributed by atoms with Crippen LogP contribution < -0.4 is 40.9 Å². The first-order valence-electron chi connectivity index (χ1n) is 22.1. The van der Waals surface area contributed by atoms with Crippen LogP contribution in [0.3, 0.4) is 0 Å². The smallest absolute Gasteiger partial charge is 0.157 e. The number of rotatable bonds is 8. The molecule has 0 amide bonds. The van der Waals surface area contributed by atoms with E-state index in [1.807, 2.05) is 182 Å². The summed E-state index contributed by atoms with van der Waals surface area (Å²) in [5, 5.41) is 6.09. The van der Waals surface area contributed by atoms with Crippen molar-refractivity contribution >= 4 is 78.0 Å². The Kier molecular flexibility index (Phi) is 9.54. The van der Waals surface area contributed by atoms with E-state index in [-0.39, 0.29) is 0 Å². The van der Waals surface area contributed by atoms with E-state index in [0.717, 1.165) is 16.2 Å². The van der Waals surface area contributed by atoms with E-state index in [1.165, 1.54) is 0 Å². The highest BCUT2D eigenvalue weighted by molar-refractivity contribution is 6.34. The van der Waals surface area contributed by atoms with Crippen LogP contribution >= 0.6 is 11.6 Å². The molecule has 13 rings (SSSR count). The third kappa shape index (κ3) is 7.19. The van der Waals surface area contributed by atoms with E-state index >= 15 is 0 Å². The van der Waals surface area contributed by atoms with Crippen molar-refractivity contribution in [2.24, 2.45) is 20.0 Å². The SMILES string of the molecule is Clc1ccc2c3[nH]c(c2c1Oc1ccccc1)N=c1[nH]c(c2c(Oc4ccccc4)cccc12)=Nc1[nH]c(c2c(Oc4ccccc4)cccc12)N=c1[nH]c(c2c(Oc4ccccc4)cccc12)=N3. The molecule has 1 aliphatic heterocycles. The molecular weight excluding hydrogens is 884 g/mol. The van der Waals surface area contributed by atoms with E-state index in [9.17, 15) is 0 Å². The molecule has 4 aromatic heterocycles. The lowest BCUT2D eigenvalue weighted by molar-refractivity contribution is 0.488. The fourth-order valence-electron chi connectivity index (χ4n) is 8.82. The Balaban J connectivity index is 1.17. The summed E-state index contributed by atoms with van der Waals surface area (Å²) in [6.07, 6.45) is 0. The molecule has 330 valence electrons. The summed E-state index contributed by atoms with van der Waals surface area (Å²) in [6.45, 7) is 0. The van der Waals surface area contributed by atoms with E-state index in [1.54, 1.807) is 6.07 Å². The van der Waals surface area contributed by atoms with Crippen molar-refractivity contribution in [1.82, 2.24) is 19.9 Å². The van der Waals surface area contributed by atoms with Crippen LogP contribution in [0.4, 0.5) is 23.3 Å². The van der Waals surface area contributed by atoms with Gasteiger partial charge in [-0.2, -0.15) is 0 Å². The third-order valence-corrected chi connectivity index (χ3v) is 12.2. The molecule has 0 fully saturated rings. The van der Waals surface area contributed by atoms with Gasteiger partial charge in [-0.05, 0) is 78.9 Å². The molecule has 0 unspecified atom stereocenters. The van der Waals surface area contributed by atoms with Crippen LogP contribution in [0, 0.1) is 0 Å². The minimum Gasteiger partial charge on any atom is -0.457 e. The number of halogens is 1. The van der Waals surface area contributed by atoms with Gasteiger partial charge in [0.15, 0.2) is 5.75 Å². The van der Waals surface area contributed by atoms with Crippen LogP contribution in [0.5, 0.6) is 46.0 Å². The topological polar surface area (TPSA) is 150 Å². The van der Waals surface area contributed by atoms with Gasteiger partial charge in [0.25, 0.3) is 0 Å². The van der Waals surface area contributed by atoms with Crippen molar-refractivity contribution < 1.29 is 18.9 Å². The number of ether oxygens (including phenoxy) is 4.